The van der Waals surface area contributed by atoms with Crippen LogP contribution in [-0.4, -0.2) is 37.2 Å². The number of carbonyl (C=O) groups is 1. The molecule has 1 aromatic rings. The zero-order chi connectivity index (χ0) is 11.4. The van der Waals surface area contributed by atoms with Gasteiger partial charge in [0, 0.05) is 24.5 Å². The first-order valence-corrected chi connectivity index (χ1v) is 5.25. The van der Waals surface area contributed by atoms with E-state index in [2.05, 4.69) is 5.32 Å². The lowest BCUT2D eigenvalue weighted by Crippen LogP contribution is -2.43. The third-order valence-corrected chi connectivity index (χ3v) is 2.46. The van der Waals surface area contributed by atoms with Crippen molar-refractivity contribution in [1.82, 2.24) is 4.90 Å². The van der Waals surface area contributed by atoms with Crippen molar-refractivity contribution in [2.45, 2.75) is 0 Å². The predicted molar refractivity (Wildman–Crippen MR) is 62.3 cm³/mol. The highest BCUT2D eigenvalue weighted by atomic mass is 16.5. The molecule has 0 bridgehead atoms. The van der Waals surface area contributed by atoms with Gasteiger partial charge in [0.25, 0.3) is 0 Å². The lowest BCUT2D eigenvalue weighted by atomic mass is 10.3. The van der Waals surface area contributed by atoms with E-state index < -0.39 is 0 Å². The Balaban J connectivity index is 1.93. The number of rotatable bonds is 1. The van der Waals surface area contributed by atoms with E-state index in [9.17, 15) is 4.79 Å². The molecule has 2 rings (SSSR count). The van der Waals surface area contributed by atoms with Gasteiger partial charge >= 0.3 is 6.03 Å². The summed E-state index contributed by atoms with van der Waals surface area (Å²) in [4.78, 5) is 13.5. The number of hydrogen-bond donors (Lipinski definition) is 2. The number of nitrogens with zero attached hydrogens (tertiary/aromatic N) is 1. The van der Waals surface area contributed by atoms with Crippen LogP contribution in [0.5, 0.6) is 0 Å². The van der Waals surface area contributed by atoms with Gasteiger partial charge in [-0.2, -0.15) is 0 Å². The van der Waals surface area contributed by atoms with Crippen LogP contribution in [0.25, 0.3) is 0 Å². The summed E-state index contributed by atoms with van der Waals surface area (Å²) < 4.78 is 5.18. The zero-order valence-corrected chi connectivity index (χ0v) is 8.98. The van der Waals surface area contributed by atoms with Crippen LogP contribution in [0.3, 0.4) is 0 Å². The fourth-order valence-corrected chi connectivity index (χ4v) is 1.54. The number of benzene rings is 1. The molecular formula is C11H15N3O2. The van der Waals surface area contributed by atoms with Gasteiger partial charge in [0.1, 0.15) is 0 Å². The first-order chi connectivity index (χ1) is 7.75. The van der Waals surface area contributed by atoms with E-state index in [0.717, 1.165) is 5.69 Å². The second-order valence-corrected chi connectivity index (χ2v) is 3.65. The molecule has 1 fully saturated rings. The molecular weight excluding hydrogens is 206 g/mol. The molecule has 5 nitrogen and oxygen atoms in total. The van der Waals surface area contributed by atoms with Crippen LogP contribution < -0.4 is 11.1 Å². The predicted octanol–water partition coefficient (Wildman–Crippen LogP) is 1.13. The third kappa shape index (κ3) is 2.64. The highest BCUT2D eigenvalue weighted by molar-refractivity contribution is 5.89. The normalized spacial score (nSPS) is 15.9. The van der Waals surface area contributed by atoms with Gasteiger partial charge in [0.15, 0.2) is 0 Å². The number of morpholine rings is 1. The van der Waals surface area contributed by atoms with Crippen molar-refractivity contribution in [3.63, 3.8) is 0 Å². The van der Waals surface area contributed by atoms with Gasteiger partial charge in [-0.15, -0.1) is 0 Å². The summed E-state index contributed by atoms with van der Waals surface area (Å²) in [6.07, 6.45) is 0. The number of nitrogens with two attached hydrogens (primary N) is 1. The fourth-order valence-electron chi connectivity index (χ4n) is 1.54. The first-order valence-electron chi connectivity index (χ1n) is 5.25. The zero-order valence-electron chi connectivity index (χ0n) is 8.98. The summed E-state index contributed by atoms with van der Waals surface area (Å²) >= 11 is 0. The molecule has 0 radical (unpaired) electrons. The topological polar surface area (TPSA) is 67.6 Å². The molecule has 1 aliphatic heterocycles. The Hall–Kier alpha value is -1.75. The molecule has 1 saturated heterocycles. The van der Waals surface area contributed by atoms with Gasteiger partial charge in [-0.1, -0.05) is 0 Å². The van der Waals surface area contributed by atoms with Crippen molar-refractivity contribution < 1.29 is 9.53 Å². The van der Waals surface area contributed by atoms with Crippen LogP contribution in [0.2, 0.25) is 0 Å². The molecule has 5 heteroatoms. The Morgan fingerprint density at radius 1 is 1.25 bits per heavy atom. The maximum atomic E-state index is 11.8. The largest absolute Gasteiger partial charge is 0.399 e. The second-order valence-electron chi connectivity index (χ2n) is 3.65. The number of amides is 2. The standard InChI is InChI=1S/C11H15N3O2/c12-9-1-3-10(4-2-9)13-11(15)14-5-7-16-8-6-14/h1-4H,5-8,12H2,(H,13,15). The summed E-state index contributed by atoms with van der Waals surface area (Å²) in [5.74, 6) is 0. The molecule has 0 aromatic heterocycles. The Labute approximate surface area is 94.2 Å². The highest BCUT2D eigenvalue weighted by Crippen LogP contribution is 2.11. The minimum atomic E-state index is -0.0897. The van der Waals surface area contributed by atoms with Crippen molar-refractivity contribution in [2.75, 3.05) is 37.4 Å². The molecule has 0 spiro atoms. The number of nitrogens with one attached hydrogen (secondary N) is 1. The molecule has 0 atom stereocenters. The van der Waals surface area contributed by atoms with E-state index in [1.807, 2.05) is 0 Å². The average Bonchev–Trinajstić information content (AvgIpc) is 2.33. The van der Waals surface area contributed by atoms with Crippen LogP contribution >= 0.6 is 0 Å². The van der Waals surface area contributed by atoms with Gasteiger partial charge < -0.3 is 20.7 Å². The smallest absolute Gasteiger partial charge is 0.321 e. The van der Waals surface area contributed by atoms with E-state index in [4.69, 9.17) is 10.5 Å². The monoisotopic (exact) mass is 221 g/mol. The summed E-state index contributed by atoms with van der Waals surface area (Å²) in [5, 5.41) is 2.81. The average molecular weight is 221 g/mol. The highest BCUT2D eigenvalue weighted by Gasteiger charge is 2.16. The van der Waals surface area contributed by atoms with E-state index in [-0.39, 0.29) is 6.03 Å². The van der Waals surface area contributed by atoms with Gasteiger partial charge in [0.2, 0.25) is 0 Å². The van der Waals surface area contributed by atoms with Gasteiger partial charge in [-0.3, -0.25) is 0 Å². The molecule has 16 heavy (non-hydrogen) atoms. The van der Waals surface area contributed by atoms with Crippen molar-refractivity contribution in [3.8, 4) is 0 Å². The Bertz CT molecular complexity index is 358. The molecule has 2 amide bonds. The van der Waals surface area contributed by atoms with Crippen LogP contribution in [0.1, 0.15) is 0 Å². The molecule has 0 aliphatic carbocycles. The first kappa shape index (κ1) is 10.8. The van der Waals surface area contributed by atoms with Gasteiger partial charge in [-0.25, -0.2) is 4.79 Å². The lowest BCUT2D eigenvalue weighted by Gasteiger charge is -2.26. The van der Waals surface area contributed by atoms with Gasteiger partial charge in [0.05, 0.1) is 13.2 Å². The van der Waals surface area contributed by atoms with Crippen molar-refractivity contribution in [3.05, 3.63) is 24.3 Å². The number of nitrogen functional groups attached to an aromatic ring is 1. The fraction of sp³-hybridized carbons (Fsp3) is 0.364. The van der Waals surface area contributed by atoms with E-state index in [1.165, 1.54) is 0 Å². The molecule has 1 heterocycles. The molecule has 0 saturated carbocycles. The van der Waals surface area contributed by atoms with Crippen molar-refractivity contribution in [1.29, 1.82) is 0 Å². The quantitative estimate of drug-likeness (QED) is 0.698. The van der Waals surface area contributed by atoms with E-state index >= 15 is 0 Å². The van der Waals surface area contributed by atoms with Gasteiger partial charge in [-0.05, 0) is 24.3 Å². The minimum Gasteiger partial charge on any atom is -0.399 e. The second kappa shape index (κ2) is 4.85. The summed E-state index contributed by atoms with van der Waals surface area (Å²) in [7, 11) is 0. The van der Waals surface area contributed by atoms with Crippen molar-refractivity contribution in [2.24, 2.45) is 0 Å². The summed E-state index contributed by atoms with van der Waals surface area (Å²) in [6.45, 7) is 2.49. The number of hydrogen-bond acceptors (Lipinski definition) is 3. The number of ether oxygens (including phenoxy) is 1. The Morgan fingerprint density at radius 2 is 1.88 bits per heavy atom. The molecule has 86 valence electrons. The molecule has 1 aromatic carbocycles. The third-order valence-electron chi connectivity index (χ3n) is 2.46. The maximum Gasteiger partial charge on any atom is 0.321 e. The SMILES string of the molecule is Nc1ccc(NC(=O)N2CCOCC2)cc1. The molecule has 3 N–H and O–H groups in total. The number of carbonyl (C=O) groups excluding carboxylic acids is 1. The molecule has 1 aliphatic rings. The van der Waals surface area contributed by atoms with E-state index in [1.54, 1.807) is 29.2 Å². The van der Waals surface area contributed by atoms with Crippen molar-refractivity contribution >= 4 is 17.4 Å². The van der Waals surface area contributed by atoms with Crippen LogP contribution in [0.15, 0.2) is 24.3 Å². The van der Waals surface area contributed by atoms with Crippen LogP contribution in [0, 0.1) is 0 Å². The summed E-state index contributed by atoms with van der Waals surface area (Å²) in [5.41, 5.74) is 7.00. The molecule has 0 unspecified atom stereocenters. The Morgan fingerprint density at radius 3 is 2.50 bits per heavy atom. The van der Waals surface area contributed by atoms with Crippen LogP contribution in [-0.2, 0) is 4.74 Å². The van der Waals surface area contributed by atoms with E-state index in [0.29, 0.717) is 32.0 Å². The lowest BCUT2D eigenvalue weighted by molar-refractivity contribution is 0.0564. The summed E-state index contributed by atoms with van der Waals surface area (Å²) in [6, 6.07) is 7.00. The maximum absolute atomic E-state index is 11.8. The Kier molecular flexibility index (Phi) is 3.26. The number of urea groups is 1. The van der Waals surface area contributed by atoms with Crippen LogP contribution in [0.4, 0.5) is 16.2 Å². The number of anilines is 2. The minimum absolute atomic E-state index is 0.0897.